The first-order valence-electron chi connectivity index (χ1n) is 6.67. The average molecular weight is 348 g/mol. The molecule has 0 spiro atoms. The van der Waals surface area contributed by atoms with Crippen molar-refractivity contribution in [2.24, 2.45) is 0 Å². The third kappa shape index (κ3) is 4.63. The molecular formula is C16H14Cl2F3N. The summed E-state index contributed by atoms with van der Waals surface area (Å²) in [7, 11) is 0. The molecule has 0 aromatic heterocycles. The van der Waals surface area contributed by atoms with Crippen molar-refractivity contribution >= 4 is 23.2 Å². The first kappa shape index (κ1) is 17.1. The summed E-state index contributed by atoms with van der Waals surface area (Å²) in [6.45, 7) is 1.12. The fraction of sp³-hybridized carbons (Fsp3) is 0.250. The Kier molecular flexibility index (Phi) is 5.73. The van der Waals surface area contributed by atoms with Gasteiger partial charge in [-0.25, -0.2) is 0 Å². The van der Waals surface area contributed by atoms with Gasteiger partial charge in [0.05, 0.1) is 5.56 Å². The smallest absolute Gasteiger partial charge is 0.312 e. The molecule has 0 aliphatic heterocycles. The zero-order valence-electron chi connectivity index (χ0n) is 11.6. The number of halogens is 5. The molecule has 0 amide bonds. The molecule has 0 unspecified atom stereocenters. The molecule has 0 heterocycles. The number of hydrogen-bond donors (Lipinski definition) is 1. The summed E-state index contributed by atoms with van der Waals surface area (Å²) < 4.78 is 37.3. The van der Waals surface area contributed by atoms with Gasteiger partial charge in [0.1, 0.15) is 0 Å². The summed E-state index contributed by atoms with van der Waals surface area (Å²) in [5.74, 6) is 0. The SMILES string of the molecule is FC(F)(F)c1ccc(CNCCc2c(Cl)cccc2Cl)cc1. The summed E-state index contributed by atoms with van der Waals surface area (Å²) in [6, 6.07) is 10.4. The largest absolute Gasteiger partial charge is 0.416 e. The second-order valence-electron chi connectivity index (χ2n) is 4.82. The van der Waals surface area contributed by atoms with E-state index < -0.39 is 11.7 Å². The summed E-state index contributed by atoms with van der Waals surface area (Å²) >= 11 is 12.1. The molecule has 1 nitrogen and oxygen atoms in total. The van der Waals surface area contributed by atoms with Gasteiger partial charge in [-0.1, -0.05) is 41.4 Å². The number of hydrogen-bond acceptors (Lipinski definition) is 1. The van der Waals surface area contributed by atoms with Crippen molar-refractivity contribution < 1.29 is 13.2 Å². The molecule has 1 N–H and O–H groups in total. The lowest BCUT2D eigenvalue weighted by Crippen LogP contribution is -2.17. The number of rotatable bonds is 5. The van der Waals surface area contributed by atoms with Crippen molar-refractivity contribution in [3.63, 3.8) is 0 Å². The lowest BCUT2D eigenvalue weighted by Gasteiger charge is -2.10. The van der Waals surface area contributed by atoms with Crippen LogP contribution in [0.2, 0.25) is 10.0 Å². The van der Waals surface area contributed by atoms with Crippen LogP contribution in [0, 0.1) is 0 Å². The molecule has 0 saturated carbocycles. The molecule has 0 aliphatic rings. The van der Waals surface area contributed by atoms with E-state index in [1.54, 1.807) is 18.2 Å². The summed E-state index contributed by atoms with van der Waals surface area (Å²) in [4.78, 5) is 0. The fourth-order valence-electron chi connectivity index (χ4n) is 2.03. The van der Waals surface area contributed by atoms with Gasteiger partial charge in [0.25, 0.3) is 0 Å². The van der Waals surface area contributed by atoms with Crippen LogP contribution in [0.25, 0.3) is 0 Å². The zero-order valence-corrected chi connectivity index (χ0v) is 13.1. The van der Waals surface area contributed by atoms with Gasteiger partial charge < -0.3 is 5.32 Å². The molecule has 118 valence electrons. The highest BCUT2D eigenvalue weighted by Crippen LogP contribution is 2.29. The predicted octanol–water partition coefficient (Wildman–Crippen LogP) is 5.34. The average Bonchev–Trinajstić information content (AvgIpc) is 2.45. The van der Waals surface area contributed by atoms with Gasteiger partial charge in [-0.2, -0.15) is 13.2 Å². The Labute approximate surface area is 137 Å². The van der Waals surface area contributed by atoms with Crippen molar-refractivity contribution in [2.75, 3.05) is 6.54 Å². The van der Waals surface area contributed by atoms with Gasteiger partial charge >= 0.3 is 6.18 Å². The normalized spacial score (nSPS) is 11.7. The van der Waals surface area contributed by atoms with Gasteiger partial charge in [0.15, 0.2) is 0 Å². The van der Waals surface area contributed by atoms with Crippen LogP contribution in [-0.4, -0.2) is 6.54 Å². The first-order chi connectivity index (χ1) is 10.4. The minimum absolute atomic E-state index is 0.486. The Hall–Kier alpha value is -1.23. The Morgan fingerprint density at radius 2 is 1.50 bits per heavy atom. The summed E-state index contributed by atoms with van der Waals surface area (Å²) in [5.41, 5.74) is 1.02. The van der Waals surface area contributed by atoms with Crippen molar-refractivity contribution in [1.29, 1.82) is 0 Å². The fourth-order valence-corrected chi connectivity index (χ4v) is 2.62. The van der Waals surface area contributed by atoms with Crippen LogP contribution >= 0.6 is 23.2 Å². The summed E-state index contributed by atoms with van der Waals surface area (Å²) in [6.07, 6.45) is -3.65. The van der Waals surface area contributed by atoms with Crippen LogP contribution in [0.4, 0.5) is 13.2 Å². The van der Waals surface area contributed by atoms with Gasteiger partial charge in [-0.05, 0) is 48.4 Å². The number of nitrogens with one attached hydrogen (secondary N) is 1. The van der Waals surface area contributed by atoms with E-state index >= 15 is 0 Å². The Balaban J connectivity index is 1.84. The Morgan fingerprint density at radius 3 is 2.05 bits per heavy atom. The second-order valence-corrected chi connectivity index (χ2v) is 5.64. The zero-order chi connectivity index (χ0) is 16.2. The minimum atomic E-state index is -4.30. The van der Waals surface area contributed by atoms with Crippen LogP contribution in [-0.2, 0) is 19.1 Å². The van der Waals surface area contributed by atoms with E-state index in [-0.39, 0.29) is 0 Å². The molecule has 2 aromatic rings. The third-order valence-corrected chi connectivity index (χ3v) is 3.93. The lowest BCUT2D eigenvalue weighted by molar-refractivity contribution is -0.137. The van der Waals surface area contributed by atoms with Crippen LogP contribution in [0.5, 0.6) is 0 Å². The molecular weight excluding hydrogens is 334 g/mol. The highest BCUT2D eigenvalue weighted by atomic mass is 35.5. The van der Waals surface area contributed by atoms with Gasteiger partial charge in [-0.3, -0.25) is 0 Å². The topological polar surface area (TPSA) is 12.0 Å². The highest BCUT2D eigenvalue weighted by molar-refractivity contribution is 6.35. The highest BCUT2D eigenvalue weighted by Gasteiger charge is 2.29. The second kappa shape index (κ2) is 7.36. The number of benzene rings is 2. The van der Waals surface area contributed by atoms with Crippen molar-refractivity contribution in [1.82, 2.24) is 5.32 Å². The molecule has 0 bridgehead atoms. The van der Waals surface area contributed by atoms with E-state index in [2.05, 4.69) is 5.32 Å². The maximum Gasteiger partial charge on any atom is 0.416 e. The van der Waals surface area contributed by atoms with E-state index in [0.717, 1.165) is 23.3 Å². The molecule has 0 radical (unpaired) electrons. The van der Waals surface area contributed by atoms with Gasteiger partial charge in [0.2, 0.25) is 0 Å². The van der Waals surface area contributed by atoms with Gasteiger partial charge in [-0.15, -0.1) is 0 Å². The minimum Gasteiger partial charge on any atom is -0.312 e. The van der Waals surface area contributed by atoms with E-state index in [1.807, 2.05) is 0 Å². The summed E-state index contributed by atoms with van der Waals surface area (Å²) in [5, 5.41) is 4.39. The quantitative estimate of drug-likeness (QED) is 0.719. The number of alkyl halides is 3. The maximum absolute atomic E-state index is 12.4. The predicted molar refractivity (Wildman–Crippen MR) is 83.3 cm³/mol. The molecule has 2 aromatic carbocycles. The monoisotopic (exact) mass is 347 g/mol. The maximum atomic E-state index is 12.4. The third-order valence-electron chi connectivity index (χ3n) is 3.22. The van der Waals surface area contributed by atoms with E-state index in [1.165, 1.54) is 12.1 Å². The molecule has 0 saturated heterocycles. The standard InChI is InChI=1S/C16H14Cl2F3N/c17-14-2-1-3-15(18)13(14)8-9-22-10-11-4-6-12(7-5-11)16(19,20)21/h1-7,22H,8-10H2. The van der Waals surface area contributed by atoms with Crippen molar-refractivity contribution in [2.45, 2.75) is 19.1 Å². The van der Waals surface area contributed by atoms with Crippen LogP contribution < -0.4 is 5.32 Å². The Morgan fingerprint density at radius 1 is 0.909 bits per heavy atom. The molecule has 0 atom stereocenters. The van der Waals surface area contributed by atoms with E-state index in [4.69, 9.17) is 23.2 Å². The molecule has 2 rings (SSSR count). The first-order valence-corrected chi connectivity index (χ1v) is 7.43. The Bertz CT molecular complexity index is 604. The van der Waals surface area contributed by atoms with Crippen LogP contribution in [0.15, 0.2) is 42.5 Å². The molecule has 0 aliphatic carbocycles. The molecule has 22 heavy (non-hydrogen) atoms. The van der Waals surface area contributed by atoms with E-state index in [9.17, 15) is 13.2 Å². The van der Waals surface area contributed by atoms with Crippen molar-refractivity contribution in [3.05, 3.63) is 69.2 Å². The molecule has 0 fully saturated rings. The van der Waals surface area contributed by atoms with E-state index in [0.29, 0.717) is 29.6 Å². The van der Waals surface area contributed by atoms with Crippen LogP contribution in [0.3, 0.4) is 0 Å². The molecule has 6 heteroatoms. The lowest BCUT2D eigenvalue weighted by atomic mass is 10.1. The van der Waals surface area contributed by atoms with Crippen molar-refractivity contribution in [3.8, 4) is 0 Å². The van der Waals surface area contributed by atoms with Gasteiger partial charge in [0, 0.05) is 16.6 Å². The van der Waals surface area contributed by atoms with Crippen LogP contribution in [0.1, 0.15) is 16.7 Å².